The third kappa shape index (κ3) is 3.33. The Morgan fingerprint density at radius 1 is 1.53 bits per heavy atom. The van der Waals surface area contributed by atoms with E-state index in [-0.39, 0.29) is 6.09 Å². The number of amides is 1. The monoisotopic (exact) mass is 320 g/mol. The maximum absolute atomic E-state index is 11.6. The van der Waals surface area contributed by atoms with Crippen LogP contribution in [0.15, 0.2) is 18.3 Å². The summed E-state index contributed by atoms with van der Waals surface area (Å²) >= 11 is 2.03. The predicted molar refractivity (Wildman–Crippen MR) is 65.9 cm³/mol. The molecule has 0 saturated carbocycles. The minimum atomic E-state index is -0.328. The molecule has 0 unspecified atom stereocenters. The van der Waals surface area contributed by atoms with E-state index in [0.717, 1.165) is 0 Å². The van der Waals surface area contributed by atoms with Crippen molar-refractivity contribution < 1.29 is 9.53 Å². The number of carbonyl (C=O) groups is 1. The zero-order chi connectivity index (χ0) is 11.3. The maximum Gasteiger partial charge on any atom is 0.415 e. The molecule has 0 spiro atoms. The number of carbonyl (C=O) groups excluding carboxylic acids is 1. The van der Waals surface area contributed by atoms with Crippen molar-refractivity contribution in [3.63, 3.8) is 0 Å². The summed E-state index contributed by atoms with van der Waals surface area (Å²) in [6.45, 7) is 5.12. The van der Waals surface area contributed by atoms with Crippen molar-refractivity contribution in [3.8, 4) is 5.75 Å². The van der Waals surface area contributed by atoms with E-state index in [1.165, 1.54) is 0 Å². The van der Waals surface area contributed by atoms with Crippen LogP contribution >= 0.6 is 22.6 Å². The van der Waals surface area contributed by atoms with Gasteiger partial charge in [-0.05, 0) is 48.6 Å². The molecular formula is C10H13IN2O2. The van der Waals surface area contributed by atoms with Crippen LogP contribution in [0.25, 0.3) is 0 Å². The van der Waals surface area contributed by atoms with Crippen molar-refractivity contribution in [2.24, 2.45) is 0 Å². The van der Waals surface area contributed by atoms with Gasteiger partial charge in [0.1, 0.15) is 3.70 Å². The zero-order valence-corrected chi connectivity index (χ0v) is 10.9. The van der Waals surface area contributed by atoms with Crippen LogP contribution in [0, 0.1) is 3.70 Å². The van der Waals surface area contributed by atoms with Crippen molar-refractivity contribution in [3.05, 3.63) is 22.0 Å². The van der Waals surface area contributed by atoms with Crippen LogP contribution in [0.5, 0.6) is 5.75 Å². The van der Waals surface area contributed by atoms with Crippen molar-refractivity contribution >= 4 is 28.7 Å². The molecule has 1 aromatic heterocycles. The lowest BCUT2D eigenvalue weighted by molar-refractivity contribution is 0.156. The Morgan fingerprint density at radius 3 is 2.73 bits per heavy atom. The molecular weight excluding hydrogens is 307 g/mol. The van der Waals surface area contributed by atoms with E-state index >= 15 is 0 Å². The smallest absolute Gasteiger partial charge is 0.407 e. The molecule has 0 aliphatic rings. The summed E-state index contributed by atoms with van der Waals surface area (Å²) in [4.78, 5) is 17.2. The molecule has 1 aromatic rings. The van der Waals surface area contributed by atoms with E-state index < -0.39 is 0 Å². The van der Waals surface area contributed by atoms with E-state index in [1.807, 2.05) is 36.4 Å². The largest absolute Gasteiger partial charge is 0.415 e. The highest BCUT2D eigenvalue weighted by Gasteiger charge is 2.13. The summed E-state index contributed by atoms with van der Waals surface area (Å²) in [5.74, 6) is 0.509. The number of hydrogen-bond donors (Lipinski definition) is 0. The third-order valence-corrected chi connectivity index (χ3v) is 2.75. The Kier molecular flexibility index (Phi) is 4.80. The molecule has 0 atom stereocenters. The first-order valence-corrected chi connectivity index (χ1v) is 5.84. The molecule has 15 heavy (non-hydrogen) atoms. The van der Waals surface area contributed by atoms with Crippen LogP contribution in [0.1, 0.15) is 13.8 Å². The summed E-state index contributed by atoms with van der Waals surface area (Å²) in [6, 6.07) is 3.48. The molecule has 0 radical (unpaired) electrons. The Bertz CT molecular complexity index is 340. The fraction of sp³-hybridized carbons (Fsp3) is 0.400. The summed E-state index contributed by atoms with van der Waals surface area (Å²) in [6.07, 6.45) is 1.34. The molecule has 0 N–H and O–H groups in total. The van der Waals surface area contributed by atoms with Crippen LogP contribution in [0.4, 0.5) is 4.79 Å². The highest BCUT2D eigenvalue weighted by Crippen LogP contribution is 2.17. The van der Waals surface area contributed by atoms with E-state index in [9.17, 15) is 4.79 Å². The Morgan fingerprint density at radius 2 is 2.20 bits per heavy atom. The van der Waals surface area contributed by atoms with E-state index in [4.69, 9.17) is 4.74 Å². The number of pyridine rings is 1. The second-order valence-electron chi connectivity index (χ2n) is 2.83. The highest BCUT2D eigenvalue weighted by molar-refractivity contribution is 14.1. The molecule has 0 aliphatic carbocycles. The first-order valence-electron chi connectivity index (χ1n) is 4.76. The van der Waals surface area contributed by atoms with Gasteiger partial charge in [0.2, 0.25) is 0 Å². The second-order valence-corrected chi connectivity index (χ2v) is 3.85. The lowest BCUT2D eigenvalue weighted by Gasteiger charge is -2.17. The van der Waals surface area contributed by atoms with Crippen LogP contribution in [-0.4, -0.2) is 29.1 Å². The zero-order valence-electron chi connectivity index (χ0n) is 8.74. The number of rotatable bonds is 3. The van der Waals surface area contributed by atoms with E-state index in [2.05, 4.69) is 4.98 Å². The van der Waals surface area contributed by atoms with Crippen LogP contribution in [0.2, 0.25) is 0 Å². The average molecular weight is 320 g/mol. The molecule has 4 nitrogen and oxygen atoms in total. The first-order chi connectivity index (χ1) is 7.19. The van der Waals surface area contributed by atoms with E-state index in [0.29, 0.717) is 22.5 Å². The van der Waals surface area contributed by atoms with Crippen molar-refractivity contribution in [1.82, 2.24) is 9.88 Å². The Labute approximate surface area is 103 Å². The minimum absolute atomic E-state index is 0.328. The second kappa shape index (κ2) is 5.89. The van der Waals surface area contributed by atoms with Gasteiger partial charge in [-0.25, -0.2) is 9.78 Å². The molecule has 1 amide bonds. The highest BCUT2D eigenvalue weighted by atomic mass is 127. The lowest BCUT2D eigenvalue weighted by Crippen LogP contribution is -2.33. The molecule has 5 heteroatoms. The van der Waals surface area contributed by atoms with Gasteiger partial charge in [0.15, 0.2) is 5.75 Å². The Hall–Kier alpha value is -0.850. The van der Waals surface area contributed by atoms with Gasteiger partial charge in [-0.1, -0.05) is 0 Å². The van der Waals surface area contributed by atoms with Crippen molar-refractivity contribution in [2.45, 2.75) is 13.8 Å². The van der Waals surface area contributed by atoms with Gasteiger partial charge in [0.05, 0.1) is 0 Å². The summed E-state index contributed by atoms with van der Waals surface area (Å²) < 4.78 is 5.90. The SMILES string of the molecule is CCN(CC)C(=O)Oc1cccnc1I. The molecule has 1 rings (SSSR count). The van der Waals surface area contributed by atoms with Gasteiger partial charge in [0, 0.05) is 19.3 Å². The average Bonchev–Trinajstić information content (AvgIpc) is 2.23. The van der Waals surface area contributed by atoms with Crippen molar-refractivity contribution in [2.75, 3.05) is 13.1 Å². The number of ether oxygens (including phenoxy) is 1. The van der Waals surface area contributed by atoms with Gasteiger partial charge in [-0.3, -0.25) is 0 Å². The maximum atomic E-state index is 11.6. The van der Waals surface area contributed by atoms with Gasteiger partial charge in [0.25, 0.3) is 0 Å². The molecule has 0 saturated heterocycles. The fourth-order valence-electron chi connectivity index (χ4n) is 1.09. The normalized spacial score (nSPS) is 9.80. The van der Waals surface area contributed by atoms with E-state index in [1.54, 1.807) is 23.2 Å². The molecule has 0 aromatic carbocycles. The topological polar surface area (TPSA) is 42.4 Å². The summed E-state index contributed by atoms with van der Waals surface area (Å²) in [5.41, 5.74) is 0. The molecule has 0 bridgehead atoms. The summed E-state index contributed by atoms with van der Waals surface area (Å²) in [5, 5.41) is 0. The third-order valence-electron chi connectivity index (χ3n) is 1.94. The molecule has 1 heterocycles. The first kappa shape index (κ1) is 12.2. The minimum Gasteiger partial charge on any atom is -0.407 e. The number of aromatic nitrogens is 1. The molecule has 0 fully saturated rings. The van der Waals surface area contributed by atoms with Gasteiger partial charge in [-0.15, -0.1) is 0 Å². The standard InChI is InChI=1S/C10H13IN2O2/c1-3-13(4-2)10(14)15-8-6-5-7-12-9(8)11/h5-7H,3-4H2,1-2H3. The Balaban J connectivity index is 2.70. The number of hydrogen-bond acceptors (Lipinski definition) is 3. The molecule has 82 valence electrons. The van der Waals surface area contributed by atoms with Crippen molar-refractivity contribution in [1.29, 1.82) is 0 Å². The lowest BCUT2D eigenvalue weighted by atomic mass is 10.5. The quantitative estimate of drug-likeness (QED) is 0.635. The van der Waals surface area contributed by atoms with Crippen LogP contribution in [-0.2, 0) is 0 Å². The van der Waals surface area contributed by atoms with Gasteiger partial charge in [-0.2, -0.15) is 0 Å². The molecule has 0 aliphatic heterocycles. The number of nitrogens with zero attached hydrogens (tertiary/aromatic N) is 2. The fourth-order valence-corrected chi connectivity index (χ4v) is 1.54. The summed E-state index contributed by atoms with van der Waals surface area (Å²) in [7, 11) is 0. The van der Waals surface area contributed by atoms with Crippen LogP contribution < -0.4 is 4.74 Å². The van der Waals surface area contributed by atoms with Crippen LogP contribution in [0.3, 0.4) is 0 Å². The predicted octanol–water partition coefficient (Wildman–Crippen LogP) is 2.53. The number of halogens is 1. The van der Waals surface area contributed by atoms with Gasteiger partial charge >= 0.3 is 6.09 Å². The van der Waals surface area contributed by atoms with Gasteiger partial charge < -0.3 is 9.64 Å².